The Balaban J connectivity index is 2.17. The van der Waals surface area contributed by atoms with Gasteiger partial charge in [0, 0.05) is 26.0 Å². The van der Waals surface area contributed by atoms with Crippen LogP contribution in [-0.4, -0.2) is 57.4 Å². The van der Waals surface area contributed by atoms with Gasteiger partial charge in [-0.15, -0.1) is 0 Å². The van der Waals surface area contributed by atoms with Crippen LogP contribution < -0.4 is 0 Å². The van der Waals surface area contributed by atoms with Gasteiger partial charge in [-0.25, -0.2) is 0 Å². The third-order valence-corrected chi connectivity index (χ3v) is 4.23. The van der Waals surface area contributed by atoms with Crippen LogP contribution in [0.4, 0.5) is 0 Å². The average Bonchev–Trinajstić information content (AvgIpc) is 2.55. The Morgan fingerprint density at radius 2 is 2.38 bits per heavy atom. The van der Waals surface area contributed by atoms with E-state index in [-0.39, 0.29) is 23.0 Å². The Kier molecular flexibility index (Phi) is 2.62. The molecular formula is C8H13BO3S. The Labute approximate surface area is 83.9 Å². The van der Waals surface area contributed by atoms with Gasteiger partial charge in [0.1, 0.15) is 19.6 Å². The topological polar surface area (TPSA) is 27.7 Å². The van der Waals surface area contributed by atoms with E-state index in [4.69, 9.17) is 22.1 Å². The van der Waals surface area contributed by atoms with Crippen LogP contribution in [0.5, 0.6) is 0 Å². The smallest absolute Gasteiger partial charge is 0.127 e. The summed E-state index contributed by atoms with van der Waals surface area (Å²) in [6.07, 6.45) is 0.0763. The summed E-state index contributed by atoms with van der Waals surface area (Å²) in [5, 5.41) is 0.264. The third-order valence-electron chi connectivity index (χ3n) is 2.67. The largest absolute Gasteiger partial charge is 0.382 e. The van der Waals surface area contributed by atoms with E-state index < -0.39 is 0 Å². The number of thioether (sulfide) groups is 1. The molecular weight excluding hydrogens is 187 g/mol. The van der Waals surface area contributed by atoms with Crippen molar-refractivity contribution in [3.63, 3.8) is 0 Å². The van der Waals surface area contributed by atoms with Crippen LogP contribution >= 0.6 is 11.8 Å². The van der Waals surface area contributed by atoms with Gasteiger partial charge in [0.2, 0.25) is 0 Å². The second-order valence-electron chi connectivity index (χ2n) is 3.51. The van der Waals surface area contributed by atoms with Gasteiger partial charge in [0.15, 0.2) is 0 Å². The second kappa shape index (κ2) is 3.46. The van der Waals surface area contributed by atoms with Gasteiger partial charge >= 0.3 is 0 Å². The van der Waals surface area contributed by atoms with Gasteiger partial charge < -0.3 is 14.2 Å². The predicted octanol–water partition coefficient (Wildman–Crippen LogP) is 0.0268. The average molecular weight is 200 g/mol. The molecule has 0 N–H and O–H groups in total. The van der Waals surface area contributed by atoms with E-state index in [0.29, 0.717) is 6.61 Å². The summed E-state index contributed by atoms with van der Waals surface area (Å²) in [6, 6.07) is -0.209. The minimum Gasteiger partial charge on any atom is -0.382 e. The fraction of sp³-hybridized carbons (Fsp3) is 1.00. The van der Waals surface area contributed by atoms with Gasteiger partial charge in [-0.05, 0) is 0 Å². The van der Waals surface area contributed by atoms with E-state index in [9.17, 15) is 0 Å². The lowest BCUT2D eigenvalue weighted by Gasteiger charge is -2.30. The number of fused-ring (bicyclic) bond motifs is 2. The molecule has 13 heavy (non-hydrogen) atoms. The lowest BCUT2D eigenvalue weighted by molar-refractivity contribution is -0.0981. The van der Waals surface area contributed by atoms with Crippen molar-refractivity contribution in [1.29, 1.82) is 0 Å². The highest BCUT2D eigenvalue weighted by molar-refractivity contribution is 8.00. The summed E-state index contributed by atoms with van der Waals surface area (Å²) >= 11 is 1.82. The van der Waals surface area contributed by atoms with Crippen molar-refractivity contribution in [3.05, 3.63) is 0 Å². The Morgan fingerprint density at radius 3 is 2.92 bits per heavy atom. The molecule has 0 aliphatic carbocycles. The Morgan fingerprint density at radius 1 is 1.62 bits per heavy atom. The molecule has 0 spiro atoms. The molecule has 1 unspecified atom stereocenters. The highest BCUT2D eigenvalue weighted by Gasteiger charge is 2.59. The molecule has 2 aliphatic rings. The van der Waals surface area contributed by atoms with Crippen LogP contribution in [0.25, 0.3) is 0 Å². The standard InChI is InChI=1S/C8H13BO3S/c1-10-3-8-4-13-5(6(8)11-2)7(9)12-8/h5-7H,3-4H2,1-2H3/t5-,6?,7-,8-/m1/s1. The maximum Gasteiger partial charge on any atom is 0.127 e. The van der Waals surface area contributed by atoms with Crippen molar-refractivity contribution < 1.29 is 14.2 Å². The predicted molar refractivity (Wildman–Crippen MR) is 52.3 cm³/mol. The van der Waals surface area contributed by atoms with Gasteiger partial charge in [0.05, 0.1) is 11.9 Å². The Hall–Kier alpha value is 0.295. The minimum absolute atomic E-state index is 0.0763. The van der Waals surface area contributed by atoms with Crippen molar-refractivity contribution >= 4 is 19.6 Å². The molecule has 5 heteroatoms. The van der Waals surface area contributed by atoms with Gasteiger partial charge in [0.25, 0.3) is 0 Å². The molecule has 0 aromatic heterocycles. The summed E-state index contributed by atoms with van der Waals surface area (Å²) in [5.41, 5.74) is -0.307. The van der Waals surface area contributed by atoms with Crippen LogP contribution in [0, 0.1) is 0 Å². The second-order valence-corrected chi connectivity index (χ2v) is 4.68. The SMILES string of the molecule is [B][C@@H]1O[C@]2(COC)CS[C@@H]1C2OC. The minimum atomic E-state index is -0.307. The maximum atomic E-state index is 5.82. The van der Waals surface area contributed by atoms with E-state index in [2.05, 4.69) is 0 Å². The molecule has 2 fully saturated rings. The van der Waals surface area contributed by atoms with Crippen LogP contribution in [0.15, 0.2) is 0 Å². The van der Waals surface area contributed by atoms with Crippen molar-refractivity contribution in [1.82, 2.24) is 0 Å². The van der Waals surface area contributed by atoms with E-state index in [1.165, 1.54) is 0 Å². The first-order valence-electron chi connectivity index (χ1n) is 4.30. The summed E-state index contributed by atoms with van der Waals surface area (Å²) in [4.78, 5) is 0. The molecule has 4 atom stereocenters. The summed E-state index contributed by atoms with van der Waals surface area (Å²) in [5.74, 6) is 0.914. The first-order valence-corrected chi connectivity index (χ1v) is 5.35. The molecule has 0 amide bonds. The zero-order chi connectivity index (χ0) is 9.47. The number of ether oxygens (including phenoxy) is 3. The lowest BCUT2D eigenvalue weighted by Crippen LogP contribution is -2.45. The summed E-state index contributed by atoms with van der Waals surface area (Å²) in [7, 11) is 9.20. The van der Waals surface area contributed by atoms with Gasteiger partial charge in [-0.2, -0.15) is 11.8 Å². The third kappa shape index (κ3) is 1.33. The molecule has 2 aliphatic heterocycles. The monoisotopic (exact) mass is 200 g/mol. The molecule has 72 valence electrons. The first-order chi connectivity index (χ1) is 6.23. The molecule has 2 bridgehead atoms. The molecule has 2 rings (SSSR count). The van der Waals surface area contributed by atoms with E-state index in [1.54, 1.807) is 14.2 Å². The molecule has 0 aromatic carbocycles. The van der Waals surface area contributed by atoms with Crippen LogP contribution in [0.1, 0.15) is 0 Å². The van der Waals surface area contributed by atoms with Gasteiger partial charge in [-0.3, -0.25) is 0 Å². The zero-order valence-electron chi connectivity index (χ0n) is 7.86. The van der Waals surface area contributed by atoms with E-state index in [1.807, 2.05) is 11.8 Å². The molecule has 0 aromatic rings. The fourth-order valence-electron chi connectivity index (χ4n) is 2.16. The van der Waals surface area contributed by atoms with Crippen LogP contribution in [0.2, 0.25) is 0 Å². The molecule has 3 nitrogen and oxygen atoms in total. The zero-order valence-corrected chi connectivity index (χ0v) is 8.67. The molecule has 2 saturated heterocycles. The van der Waals surface area contributed by atoms with Crippen LogP contribution in [0.3, 0.4) is 0 Å². The first kappa shape index (κ1) is 9.83. The van der Waals surface area contributed by atoms with Gasteiger partial charge in [-0.1, -0.05) is 0 Å². The van der Waals surface area contributed by atoms with E-state index in [0.717, 1.165) is 5.75 Å². The fourth-order valence-corrected chi connectivity index (χ4v) is 3.73. The molecule has 0 saturated carbocycles. The Bertz CT molecular complexity index is 204. The summed E-state index contributed by atoms with van der Waals surface area (Å²) in [6.45, 7) is 0.558. The number of hydrogen-bond donors (Lipinski definition) is 0. The number of methoxy groups -OCH3 is 2. The quantitative estimate of drug-likeness (QED) is 0.600. The van der Waals surface area contributed by atoms with Crippen molar-refractivity contribution in [2.45, 2.75) is 23.0 Å². The summed E-state index contributed by atoms with van der Waals surface area (Å²) < 4.78 is 16.3. The number of rotatable bonds is 3. The molecule has 2 heterocycles. The molecule has 2 radical (unpaired) electrons. The highest BCUT2D eigenvalue weighted by Crippen LogP contribution is 2.48. The van der Waals surface area contributed by atoms with Crippen molar-refractivity contribution in [3.8, 4) is 0 Å². The van der Waals surface area contributed by atoms with Crippen molar-refractivity contribution in [2.75, 3.05) is 26.6 Å². The van der Waals surface area contributed by atoms with E-state index >= 15 is 0 Å². The normalized spacial score (nSPS) is 48.6. The lowest BCUT2D eigenvalue weighted by atomic mass is 9.93. The van der Waals surface area contributed by atoms with Crippen molar-refractivity contribution in [2.24, 2.45) is 0 Å². The highest BCUT2D eigenvalue weighted by atomic mass is 32.2. The number of hydrogen-bond acceptors (Lipinski definition) is 4. The van der Waals surface area contributed by atoms with Crippen LogP contribution in [-0.2, 0) is 14.2 Å². The maximum absolute atomic E-state index is 5.82.